The van der Waals surface area contributed by atoms with Crippen molar-refractivity contribution < 1.29 is 76.5 Å². The van der Waals surface area contributed by atoms with Crippen LogP contribution in [0.5, 0.6) is 5.75 Å². The third kappa shape index (κ3) is 4.66. The minimum atomic E-state index is -8.09. The Labute approximate surface area is 208 Å². The van der Waals surface area contributed by atoms with Gasteiger partial charge < -0.3 is 14.7 Å². The standard InChI is InChI=1S/C21H14F13NO4/c1-35(8-13(36)37)15(38)11-5-3-4-10-9(11)6-7-12(39-2)14(10)16(22,23)17(24,25)18(26,27)19(28,29)20(30,31)21(32,33)34/h3-7H,8H2,1-2H3,(H,36,37). The average Bonchev–Trinajstić information content (AvgIpc) is 2.80. The van der Waals surface area contributed by atoms with E-state index in [-0.39, 0.29) is 0 Å². The van der Waals surface area contributed by atoms with E-state index in [0.29, 0.717) is 30.2 Å². The lowest BCUT2D eigenvalue weighted by molar-refractivity contribution is -0.441. The van der Waals surface area contributed by atoms with Gasteiger partial charge in [-0.3, -0.25) is 9.59 Å². The number of benzene rings is 2. The summed E-state index contributed by atoms with van der Waals surface area (Å²) in [6, 6.07) is 3.13. The van der Waals surface area contributed by atoms with E-state index >= 15 is 8.78 Å². The maximum absolute atomic E-state index is 15.1. The summed E-state index contributed by atoms with van der Waals surface area (Å²) < 4.78 is 183. The molecule has 0 spiro atoms. The molecule has 18 heteroatoms. The van der Waals surface area contributed by atoms with Crippen LogP contribution in [0, 0.1) is 0 Å². The molecule has 0 saturated carbocycles. The van der Waals surface area contributed by atoms with Crippen molar-refractivity contribution in [1.29, 1.82) is 0 Å². The highest BCUT2D eigenvalue weighted by Crippen LogP contribution is 2.63. The number of rotatable bonds is 9. The molecule has 2 aromatic carbocycles. The molecule has 5 nitrogen and oxygen atoms in total. The SMILES string of the molecule is COc1ccc2c(C(=O)N(C)CC(=O)O)cccc2c1C(F)(F)C(F)(F)C(F)(F)C(F)(F)C(F)(F)C(F)(F)F. The topological polar surface area (TPSA) is 66.8 Å². The zero-order chi connectivity index (χ0) is 30.6. The van der Waals surface area contributed by atoms with Gasteiger partial charge in [0.1, 0.15) is 12.3 Å². The summed E-state index contributed by atoms with van der Waals surface area (Å²) in [7, 11) is 1.42. The molecule has 0 saturated heterocycles. The zero-order valence-electron chi connectivity index (χ0n) is 19.1. The first-order chi connectivity index (χ1) is 17.4. The molecule has 1 amide bonds. The van der Waals surface area contributed by atoms with Gasteiger partial charge in [0.2, 0.25) is 0 Å². The maximum Gasteiger partial charge on any atom is 0.460 e. The average molecular weight is 591 g/mol. The van der Waals surface area contributed by atoms with Gasteiger partial charge in [-0.1, -0.05) is 12.1 Å². The number of hydrogen-bond acceptors (Lipinski definition) is 3. The number of methoxy groups -OCH3 is 1. The summed E-state index contributed by atoms with van der Waals surface area (Å²) in [6.07, 6.45) is -7.56. The summed E-state index contributed by atoms with van der Waals surface area (Å²) in [6.45, 7) is -0.971. The Morgan fingerprint density at radius 2 is 1.28 bits per heavy atom. The molecule has 2 aromatic rings. The van der Waals surface area contributed by atoms with Crippen LogP contribution in [-0.4, -0.2) is 72.5 Å². The first-order valence-corrected chi connectivity index (χ1v) is 9.95. The van der Waals surface area contributed by atoms with Crippen molar-refractivity contribution >= 4 is 22.6 Å². The Bertz CT molecular complexity index is 1270. The summed E-state index contributed by atoms with van der Waals surface area (Å²) >= 11 is 0. The van der Waals surface area contributed by atoms with Crippen LogP contribution in [0.2, 0.25) is 0 Å². The van der Waals surface area contributed by atoms with E-state index in [1.54, 1.807) is 0 Å². The molecule has 218 valence electrons. The normalized spacial score (nSPS) is 13.9. The van der Waals surface area contributed by atoms with E-state index in [1.165, 1.54) is 0 Å². The van der Waals surface area contributed by atoms with E-state index in [9.17, 15) is 57.9 Å². The lowest BCUT2D eigenvalue weighted by atomic mass is 9.87. The van der Waals surface area contributed by atoms with Gasteiger partial charge in [-0.25, -0.2) is 0 Å². The number of carbonyl (C=O) groups excluding carboxylic acids is 1. The molecule has 1 N–H and O–H groups in total. The fraction of sp³-hybridized carbons (Fsp3) is 0.429. The number of carboxylic acid groups (broad SMARTS) is 1. The second kappa shape index (κ2) is 9.62. The van der Waals surface area contributed by atoms with Gasteiger partial charge in [0.15, 0.2) is 0 Å². The number of amides is 1. The van der Waals surface area contributed by atoms with Gasteiger partial charge in [-0.05, 0) is 29.0 Å². The number of carboxylic acids is 1. The Morgan fingerprint density at radius 1 is 0.769 bits per heavy atom. The minimum Gasteiger partial charge on any atom is -0.496 e. The second-order valence-electron chi connectivity index (χ2n) is 7.97. The Hall–Kier alpha value is -3.47. The van der Waals surface area contributed by atoms with E-state index in [1.807, 2.05) is 0 Å². The van der Waals surface area contributed by atoms with Crippen LogP contribution >= 0.6 is 0 Å². The summed E-state index contributed by atoms with van der Waals surface area (Å²) in [5.41, 5.74) is -3.06. The maximum atomic E-state index is 15.1. The molecule has 0 unspecified atom stereocenters. The van der Waals surface area contributed by atoms with Crippen molar-refractivity contribution in [3.8, 4) is 5.75 Å². The van der Waals surface area contributed by atoms with E-state index in [2.05, 4.69) is 4.74 Å². The first-order valence-electron chi connectivity index (χ1n) is 9.95. The smallest absolute Gasteiger partial charge is 0.460 e. The molecule has 0 fully saturated rings. The lowest BCUT2D eigenvalue weighted by Gasteiger charge is -2.40. The molecule has 0 aromatic heterocycles. The lowest BCUT2D eigenvalue weighted by Crippen LogP contribution is -2.69. The molecule has 2 rings (SSSR count). The largest absolute Gasteiger partial charge is 0.496 e. The van der Waals surface area contributed by atoms with Gasteiger partial charge in [0, 0.05) is 12.6 Å². The zero-order valence-corrected chi connectivity index (χ0v) is 19.1. The van der Waals surface area contributed by atoms with Crippen LogP contribution in [0.1, 0.15) is 15.9 Å². The van der Waals surface area contributed by atoms with E-state index in [0.717, 1.165) is 19.2 Å². The van der Waals surface area contributed by atoms with Crippen LogP contribution < -0.4 is 4.74 Å². The number of fused-ring (bicyclic) bond motifs is 1. The van der Waals surface area contributed by atoms with Crippen molar-refractivity contribution in [2.75, 3.05) is 20.7 Å². The molecule has 0 aliphatic heterocycles. The fourth-order valence-electron chi connectivity index (χ4n) is 3.43. The molecular formula is C21H14F13NO4. The number of carbonyl (C=O) groups is 2. The minimum absolute atomic E-state index is 0.371. The monoisotopic (exact) mass is 591 g/mol. The molecule has 0 heterocycles. The molecular weight excluding hydrogens is 577 g/mol. The molecule has 0 aliphatic rings. The predicted molar refractivity (Wildman–Crippen MR) is 105 cm³/mol. The molecule has 0 bridgehead atoms. The van der Waals surface area contributed by atoms with Gasteiger partial charge in [0.25, 0.3) is 5.91 Å². The van der Waals surface area contributed by atoms with Crippen LogP contribution in [0.3, 0.4) is 0 Å². The third-order valence-corrected chi connectivity index (χ3v) is 5.44. The van der Waals surface area contributed by atoms with E-state index in [4.69, 9.17) is 5.11 Å². The van der Waals surface area contributed by atoms with Crippen molar-refractivity contribution in [1.82, 2.24) is 4.90 Å². The Kier molecular flexibility index (Phi) is 7.83. The number of likely N-dealkylation sites (N-methyl/N-ethyl adjacent to an activating group) is 1. The number of ether oxygens (including phenoxy) is 1. The Balaban J connectivity index is 2.88. The molecule has 39 heavy (non-hydrogen) atoms. The summed E-state index contributed by atoms with van der Waals surface area (Å²) in [5.74, 6) is -42.5. The number of hydrogen-bond donors (Lipinski definition) is 1. The van der Waals surface area contributed by atoms with Crippen molar-refractivity contribution in [3.63, 3.8) is 0 Å². The van der Waals surface area contributed by atoms with Gasteiger partial charge >= 0.3 is 41.8 Å². The molecule has 0 atom stereocenters. The van der Waals surface area contributed by atoms with E-state index < -0.39 is 81.9 Å². The van der Waals surface area contributed by atoms with Gasteiger partial charge in [-0.15, -0.1) is 0 Å². The first kappa shape index (κ1) is 31.7. The van der Waals surface area contributed by atoms with Gasteiger partial charge in [0.05, 0.1) is 12.7 Å². The Morgan fingerprint density at radius 3 is 1.74 bits per heavy atom. The molecule has 0 radical (unpaired) electrons. The van der Waals surface area contributed by atoms with Crippen LogP contribution in [0.4, 0.5) is 57.1 Å². The van der Waals surface area contributed by atoms with Crippen LogP contribution in [0.25, 0.3) is 10.8 Å². The summed E-state index contributed by atoms with van der Waals surface area (Å²) in [5, 5.41) is 6.76. The number of nitrogens with zero attached hydrogens (tertiary/aromatic N) is 1. The van der Waals surface area contributed by atoms with Crippen molar-refractivity contribution in [3.05, 3.63) is 41.5 Å². The number of halogens is 13. The van der Waals surface area contributed by atoms with Crippen molar-refractivity contribution in [2.45, 2.75) is 35.8 Å². The van der Waals surface area contributed by atoms with Gasteiger partial charge in [-0.2, -0.15) is 57.1 Å². The number of alkyl halides is 13. The molecule has 0 aliphatic carbocycles. The highest BCUT2D eigenvalue weighted by molar-refractivity contribution is 6.08. The van der Waals surface area contributed by atoms with Crippen LogP contribution in [-0.2, 0) is 10.7 Å². The highest BCUT2D eigenvalue weighted by Gasteiger charge is 2.91. The van der Waals surface area contributed by atoms with Crippen LogP contribution in [0.15, 0.2) is 30.3 Å². The second-order valence-corrected chi connectivity index (χ2v) is 7.97. The number of aliphatic carboxylic acids is 1. The van der Waals surface area contributed by atoms with Crippen molar-refractivity contribution in [2.24, 2.45) is 0 Å². The quantitative estimate of drug-likeness (QED) is 0.353. The highest BCUT2D eigenvalue weighted by atomic mass is 19.4. The predicted octanol–water partition coefficient (Wildman–Crippen LogP) is 6.20. The fourth-order valence-corrected chi connectivity index (χ4v) is 3.43. The summed E-state index contributed by atoms with van der Waals surface area (Å²) in [4.78, 5) is 23.9. The third-order valence-electron chi connectivity index (χ3n) is 5.44.